The van der Waals surface area contributed by atoms with E-state index in [1.807, 2.05) is 42.5 Å². The molecule has 0 atom stereocenters. The number of ether oxygens (including phenoxy) is 2. The molecule has 0 aromatic heterocycles. The van der Waals surface area contributed by atoms with Crippen molar-refractivity contribution in [2.24, 2.45) is 0 Å². The lowest BCUT2D eigenvalue weighted by molar-refractivity contribution is -0.119. The van der Waals surface area contributed by atoms with Crippen molar-refractivity contribution < 1.29 is 14.3 Å². The lowest BCUT2D eigenvalue weighted by Gasteiger charge is -2.13. The van der Waals surface area contributed by atoms with Gasteiger partial charge in [0, 0.05) is 18.0 Å². The molecule has 0 fully saturated rings. The monoisotopic (exact) mass is 434 g/mol. The second-order valence-corrected chi connectivity index (χ2v) is 7.32. The van der Waals surface area contributed by atoms with Crippen molar-refractivity contribution in [3.05, 3.63) is 58.6 Å². The van der Waals surface area contributed by atoms with E-state index < -0.39 is 0 Å². The molecule has 0 spiro atoms. The van der Waals surface area contributed by atoms with Crippen LogP contribution in [0.15, 0.2) is 42.5 Å². The summed E-state index contributed by atoms with van der Waals surface area (Å²) >= 11 is 11.3. The van der Waals surface area contributed by atoms with E-state index in [0.29, 0.717) is 36.8 Å². The number of unbranched alkanes of at least 4 members (excludes halogenated alkanes) is 1. The Hall–Kier alpha value is -2.31. The van der Waals surface area contributed by atoms with Gasteiger partial charge in [-0.1, -0.05) is 49.2 Å². The minimum atomic E-state index is -0.153. The van der Waals surface area contributed by atoms with Crippen LogP contribution in [0.2, 0.25) is 5.02 Å². The first-order valence-electron chi connectivity index (χ1n) is 9.64. The van der Waals surface area contributed by atoms with Crippen LogP contribution in [-0.2, 0) is 17.8 Å². The van der Waals surface area contributed by atoms with Crippen molar-refractivity contribution in [1.29, 1.82) is 0 Å². The molecule has 0 aliphatic heterocycles. The fourth-order valence-electron chi connectivity index (χ4n) is 2.63. The standard InChI is InChI=1S/C22H27ClN2O3S/c1-3-4-13-28-19-11-9-16(14-20(19)27-2)15-24-22(29)25-21(26)12-10-17-7-5-6-8-18(17)23/h5-9,11,14H,3-4,10,12-13,15H2,1-2H3,(H2,24,25,26,29). The maximum Gasteiger partial charge on any atom is 0.226 e. The summed E-state index contributed by atoms with van der Waals surface area (Å²) in [6.45, 7) is 3.25. The van der Waals surface area contributed by atoms with Crippen LogP contribution in [0, 0.1) is 0 Å². The van der Waals surface area contributed by atoms with Crippen molar-refractivity contribution in [1.82, 2.24) is 10.6 Å². The molecular weight excluding hydrogens is 408 g/mol. The number of rotatable bonds is 10. The van der Waals surface area contributed by atoms with E-state index in [1.54, 1.807) is 7.11 Å². The van der Waals surface area contributed by atoms with Crippen molar-refractivity contribution >= 4 is 34.8 Å². The number of aryl methyl sites for hydroxylation is 1. The second kappa shape index (κ2) is 12.3. The van der Waals surface area contributed by atoms with Crippen molar-refractivity contribution in [2.45, 2.75) is 39.2 Å². The molecular formula is C22H27ClN2O3S. The number of benzene rings is 2. The van der Waals surface area contributed by atoms with Crippen LogP contribution in [0.5, 0.6) is 11.5 Å². The lowest BCUT2D eigenvalue weighted by Crippen LogP contribution is -2.38. The summed E-state index contributed by atoms with van der Waals surface area (Å²) in [5.74, 6) is 1.25. The van der Waals surface area contributed by atoms with Gasteiger partial charge in [-0.05, 0) is 54.4 Å². The third kappa shape index (κ3) is 7.91. The van der Waals surface area contributed by atoms with Gasteiger partial charge in [-0.3, -0.25) is 4.79 Å². The Kier molecular flexibility index (Phi) is 9.74. The number of halogens is 1. The van der Waals surface area contributed by atoms with E-state index in [1.165, 1.54) is 0 Å². The molecule has 1 amide bonds. The first kappa shape index (κ1) is 23.0. The molecule has 0 radical (unpaired) electrons. The van der Waals surface area contributed by atoms with Crippen LogP contribution in [0.1, 0.15) is 37.3 Å². The highest BCUT2D eigenvalue weighted by Gasteiger charge is 2.09. The van der Waals surface area contributed by atoms with Crippen molar-refractivity contribution in [2.75, 3.05) is 13.7 Å². The van der Waals surface area contributed by atoms with E-state index in [-0.39, 0.29) is 11.0 Å². The van der Waals surface area contributed by atoms with Crippen molar-refractivity contribution in [3.63, 3.8) is 0 Å². The van der Waals surface area contributed by atoms with Gasteiger partial charge in [-0.2, -0.15) is 0 Å². The van der Waals surface area contributed by atoms with Crippen LogP contribution in [0.4, 0.5) is 0 Å². The molecule has 156 valence electrons. The Morgan fingerprint density at radius 2 is 1.97 bits per heavy atom. The molecule has 2 N–H and O–H groups in total. The van der Waals surface area contributed by atoms with Gasteiger partial charge in [0.15, 0.2) is 16.6 Å². The topological polar surface area (TPSA) is 59.6 Å². The van der Waals surface area contributed by atoms with Gasteiger partial charge in [0.25, 0.3) is 0 Å². The SMILES string of the molecule is CCCCOc1ccc(CNC(=S)NC(=O)CCc2ccccc2Cl)cc1OC. The van der Waals surface area contributed by atoms with Gasteiger partial charge >= 0.3 is 0 Å². The summed E-state index contributed by atoms with van der Waals surface area (Å²) in [5.41, 5.74) is 1.91. The van der Waals surface area contributed by atoms with Gasteiger partial charge < -0.3 is 20.1 Å². The number of methoxy groups -OCH3 is 1. The maximum atomic E-state index is 12.1. The number of amides is 1. The van der Waals surface area contributed by atoms with Gasteiger partial charge in [0.05, 0.1) is 13.7 Å². The Bertz CT molecular complexity index is 829. The van der Waals surface area contributed by atoms with Crippen LogP contribution in [0.25, 0.3) is 0 Å². The molecule has 7 heteroatoms. The number of hydrogen-bond donors (Lipinski definition) is 2. The molecule has 5 nitrogen and oxygen atoms in total. The third-order valence-corrected chi connectivity index (χ3v) is 4.88. The molecule has 0 saturated heterocycles. The third-order valence-electron chi connectivity index (χ3n) is 4.27. The van der Waals surface area contributed by atoms with E-state index in [0.717, 1.165) is 29.7 Å². The zero-order valence-corrected chi connectivity index (χ0v) is 18.4. The number of carbonyl (C=O) groups excluding carboxylic acids is 1. The number of nitrogens with one attached hydrogen (secondary N) is 2. The number of hydrogen-bond acceptors (Lipinski definition) is 4. The number of thiocarbonyl (C=S) groups is 1. The van der Waals surface area contributed by atoms with E-state index >= 15 is 0 Å². The minimum Gasteiger partial charge on any atom is -0.493 e. The quantitative estimate of drug-likeness (QED) is 0.421. The molecule has 0 saturated carbocycles. The molecule has 0 aliphatic carbocycles. The van der Waals surface area contributed by atoms with Gasteiger partial charge in [0.2, 0.25) is 5.91 Å². The number of carbonyl (C=O) groups is 1. The Labute approximate surface area is 182 Å². The zero-order valence-electron chi connectivity index (χ0n) is 16.8. The minimum absolute atomic E-state index is 0.153. The van der Waals surface area contributed by atoms with Gasteiger partial charge in [0.1, 0.15) is 0 Å². The first-order chi connectivity index (χ1) is 14.0. The van der Waals surface area contributed by atoms with Gasteiger partial charge in [-0.25, -0.2) is 0 Å². The highest BCUT2D eigenvalue weighted by molar-refractivity contribution is 7.80. The van der Waals surface area contributed by atoms with E-state index in [2.05, 4.69) is 17.6 Å². The van der Waals surface area contributed by atoms with Crippen LogP contribution >= 0.6 is 23.8 Å². The van der Waals surface area contributed by atoms with Gasteiger partial charge in [-0.15, -0.1) is 0 Å². The normalized spacial score (nSPS) is 10.3. The fourth-order valence-corrected chi connectivity index (χ4v) is 3.05. The predicted molar refractivity (Wildman–Crippen MR) is 121 cm³/mol. The summed E-state index contributed by atoms with van der Waals surface area (Å²) in [6.07, 6.45) is 2.94. The predicted octanol–water partition coefficient (Wildman–Crippen LogP) is 4.65. The fraction of sp³-hybridized carbons (Fsp3) is 0.364. The van der Waals surface area contributed by atoms with Crippen LogP contribution in [-0.4, -0.2) is 24.7 Å². The van der Waals surface area contributed by atoms with E-state index in [9.17, 15) is 4.79 Å². The van der Waals surface area contributed by atoms with Crippen LogP contribution < -0.4 is 20.1 Å². The molecule has 0 heterocycles. The maximum absolute atomic E-state index is 12.1. The Morgan fingerprint density at radius 1 is 1.17 bits per heavy atom. The highest BCUT2D eigenvalue weighted by atomic mass is 35.5. The molecule has 0 bridgehead atoms. The zero-order chi connectivity index (χ0) is 21.1. The first-order valence-corrected chi connectivity index (χ1v) is 10.4. The summed E-state index contributed by atoms with van der Waals surface area (Å²) in [5, 5.41) is 6.69. The summed E-state index contributed by atoms with van der Waals surface area (Å²) < 4.78 is 11.1. The summed E-state index contributed by atoms with van der Waals surface area (Å²) in [6, 6.07) is 13.2. The smallest absolute Gasteiger partial charge is 0.226 e. The van der Waals surface area contributed by atoms with Crippen LogP contribution in [0.3, 0.4) is 0 Å². The summed E-state index contributed by atoms with van der Waals surface area (Å²) in [4.78, 5) is 12.1. The van der Waals surface area contributed by atoms with Crippen molar-refractivity contribution in [3.8, 4) is 11.5 Å². The summed E-state index contributed by atoms with van der Waals surface area (Å²) in [7, 11) is 1.61. The largest absolute Gasteiger partial charge is 0.493 e. The lowest BCUT2D eigenvalue weighted by atomic mass is 10.1. The average Bonchev–Trinajstić information content (AvgIpc) is 2.72. The molecule has 0 unspecified atom stereocenters. The Balaban J connectivity index is 1.79. The average molecular weight is 435 g/mol. The Morgan fingerprint density at radius 3 is 2.69 bits per heavy atom. The molecule has 2 aromatic rings. The van der Waals surface area contributed by atoms with E-state index in [4.69, 9.17) is 33.3 Å². The highest BCUT2D eigenvalue weighted by Crippen LogP contribution is 2.28. The molecule has 29 heavy (non-hydrogen) atoms. The molecule has 0 aliphatic rings. The second-order valence-electron chi connectivity index (χ2n) is 6.51. The molecule has 2 aromatic carbocycles. The molecule has 2 rings (SSSR count).